The molecule has 1 atom stereocenters. The predicted octanol–water partition coefficient (Wildman–Crippen LogP) is -1.55. The highest BCUT2D eigenvalue weighted by atomic mass is 16.5. The molecule has 0 saturated heterocycles. The average Bonchev–Trinajstić information content (AvgIpc) is 2.46. The summed E-state index contributed by atoms with van der Waals surface area (Å²) in [7, 11) is 3.04. The number of carbonyl (C=O) groups is 4. The van der Waals surface area contributed by atoms with Gasteiger partial charge in [0.25, 0.3) is 11.8 Å². The highest BCUT2D eigenvalue weighted by Crippen LogP contribution is 2.18. The van der Waals surface area contributed by atoms with E-state index in [2.05, 4.69) is 0 Å². The first kappa shape index (κ1) is 17.6. The summed E-state index contributed by atoms with van der Waals surface area (Å²) in [5.74, 6) is -2.38. The van der Waals surface area contributed by atoms with Crippen LogP contribution < -0.4 is 5.73 Å². The molecule has 1 aliphatic heterocycles. The van der Waals surface area contributed by atoms with Crippen molar-refractivity contribution in [2.75, 3.05) is 27.2 Å². The zero-order valence-corrected chi connectivity index (χ0v) is 13.0. The van der Waals surface area contributed by atoms with Gasteiger partial charge in [-0.3, -0.25) is 19.3 Å². The van der Waals surface area contributed by atoms with Gasteiger partial charge in [0.15, 0.2) is 12.8 Å². The molecule has 0 saturated carbocycles. The van der Waals surface area contributed by atoms with E-state index in [-0.39, 0.29) is 12.2 Å². The fourth-order valence-electron chi connectivity index (χ4n) is 1.80. The van der Waals surface area contributed by atoms with E-state index in [4.69, 9.17) is 10.5 Å². The van der Waals surface area contributed by atoms with Gasteiger partial charge in [-0.2, -0.15) is 0 Å². The number of nitrogens with two attached hydrogens (primary N) is 1. The number of carbonyl (C=O) groups excluding carboxylic acids is 4. The molecule has 3 amide bonds. The van der Waals surface area contributed by atoms with Crippen molar-refractivity contribution in [1.29, 1.82) is 0 Å². The molecule has 0 bridgehead atoms. The average molecular weight is 312 g/mol. The van der Waals surface area contributed by atoms with Crippen LogP contribution in [0.3, 0.4) is 0 Å². The largest absolute Gasteiger partial charge is 0.451 e. The zero-order valence-electron chi connectivity index (χ0n) is 13.0. The van der Waals surface area contributed by atoms with Gasteiger partial charge in [0, 0.05) is 33.8 Å². The van der Waals surface area contributed by atoms with E-state index in [1.165, 1.54) is 37.0 Å². The number of esters is 1. The van der Waals surface area contributed by atoms with E-state index in [9.17, 15) is 19.2 Å². The van der Waals surface area contributed by atoms with E-state index >= 15 is 0 Å². The monoisotopic (exact) mass is 312 g/mol. The van der Waals surface area contributed by atoms with Crippen LogP contribution in [0.15, 0.2) is 11.9 Å². The van der Waals surface area contributed by atoms with Crippen LogP contribution in [-0.2, 0) is 23.9 Å². The third kappa shape index (κ3) is 3.61. The first-order valence-electron chi connectivity index (χ1n) is 6.65. The summed E-state index contributed by atoms with van der Waals surface area (Å²) >= 11 is 0. The summed E-state index contributed by atoms with van der Waals surface area (Å²) in [5.41, 5.74) is 5.54. The molecule has 1 heterocycles. The Morgan fingerprint density at radius 3 is 2.41 bits per heavy atom. The minimum atomic E-state index is -1.30. The van der Waals surface area contributed by atoms with Crippen molar-refractivity contribution in [3.8, 4) is 0 Å². The highest BCUT2D eigenvalue weighted by Gasteiger charge is 2.38. The first-order chi connectivity index (χ1) is 10.2. The molecule has 1 rings (SSSR count). The molecule has 22 heavy (non-hydrogen) atoms. The van der Waals surface area contributed by atoms with E-state index in [0.29, 0.717) is 0 Å². The molecule has 0 spiro atoms. The first-order valence-corrected chi connectivity index (χ1v) is 6.65. The maximum absolute atomic E-state index is 12.1. The summed E-state index contributed by atoms with van der Waals surface area (Å²) in [4.78, 5) is 50.5. The van der Waals surface area contributed by atoms with Gasteiger partial charge in [0.05, 0.1) is 0 Å². The second-order valence-electron chi connectivity index (χ2n) is 4.84. The minimum Gasteiger partial charge on any atom is -0.451 e. The van der Waals surface area contributed by atoms with Crippen LogP contribution in [0.25, 0.3) is 0 Å². The maximum atomic E-state index is 12.1. The molecule has 0 aromatic heterocycles. The van der Waals surface area contributed by atoms with Crippen LogP contribution in [0, 0.1) is 0 Å². The minimum absolute atomic E-state index is 0.173. The van der Waals surface area contributed by atoms with Crippen LogP contribution in [0.2, 0.25) is 0 Å². The highest BCUT2D eigenvalue weighted by molar-refractivity contribution is 5.99. The maximum Gasteiger partial charge on any atom is 0.357 e. The molecule has 1 unspecified atom stereocenters. The molecule has 1 aliphatic rings. The van der Waals surface area contributed by atoms with E-state index in [0.717, 1.165) is 4.90 Å². The third-order valence-corrected chi connectivity index (χ3v) is 3.07. The molecule has 0 radical (unpaired) electrons. The topological polar surface area (TPSA) is 113 Å². The van der Waals surface area contributed by atoms with Gasteiger partial charge in [-0.15, -0.1) is 0 Å². The predicted molar refractivity (Wildman–Crippen MR) is 75.6 cm³/mol. The van der Waals surface area contributed by atoms with Crippen molar-refractivity contribution in [2.45, 2.75) is 20.0 Å². The molecule has 9 heteroatoms. The zero-order chi connectivity index (χ0) is 17.0. The van der Waals surface area contributed by atoms with Crippen molar-refractivity contribution < 1.29 is 23.9 Å². The Kier molecular flexibility index (Phi) is 5.63. The SMILES string of the molecule is CCN1C=C(C(=O)OCC(=O)N(C)C)N(C(C)=O)C(N)C1=O. The summed E-state index contributed by atoms with van der Waals surface area (Å²) in [6.07, 6.45) is -0.0928. The second-order valence-corrected chi connectivity index (χ2v) is 4.84. The molecule has 2 N–H and O–H groups in total. The van der Waals surface area contributed by atoms with E-state index in [1.807, 2.05) is 0 Å². The van der Waals surface area contributed by atoms with Crippen molar-refractivity contribution in [2.24, 2.45) is 5.73 Å². The smallest absolute Gasteiger partial charge is 0.357 e. The van der Waals surface area contributed by atoms with Gasteiger partial charge in [0.2, 0.25) is 5.91 Å². The van der Waals surface area contributed by atoms with Crippen LogP contribution in [0.4, 0.5) is 0 Å². The fraction of sp³-hybridized carbons (Fsp3) is 0.538. The van der Waals surface area contributed by atoms with Crippen molar-refractivity contribution in [1.82, 2.24) is 14.7 Å². The molecule has 9 nitrogen and oxygen atoms in total. The summed E-state index contributed by atoms with van der Waals surface area (Å²) in [6.45, 7) is 2.69. The number of amides is 3. The Morgan fingerprint density at radius 2 is 1.95 bits per heavy atom. The summed E-state index contributed by atoms with van der Waals surface area (Å²) in [6, 6.07) is 0. The number of rotatable bonds is 4. The van der Waals surface area contributed by atoms with Gasteiger partial charge in [-0.1, -0.05) is 0 Å². The summed E-state index contributed by atoms with van der Waals surface area (Å²) in [5, 5.41) is 0. The number of ether oxygens (including phenoxy) is 1. The van der Waals surface area contributed by atoms with Crippen molar-refractivity contribution in [3.63, 3.8) is 0 Å². The van der Waals surface area contributed by atoms with Gasteiger partial charge in [0.1, 0.15) is 5.70 Å². The Hall–Kier alpha value is -2.42. The van der Waals surface area contributed by atoms with Gasteiger partial charge < -0.3 is 20.3 Å². The summed E-state index contributed by atoms with van der Waals surface area (Å²) < 4.78 is 4.88. The molecular weight excluding hydrogens is 292 g/mol. The lowest BCUT2D eigenvalue weighted by molar-refractivity contribution is -0.153. The molecule has 0 aromatic rings. The van der Waals surface area contributed by atoms with Crippen molar-refractivity contribution in [3.05, 3.63) is 11.9 Å². The lowest BCUT2D eigenvalue weighted by atomic mass is 10.2. The number of hydrogen-bond acceptors (Lipinski definition) is 6. The van der Waals surface area contributed by atoms with Gasteiger partial charge >= 0.3 is 5.97 Å². The molecule has 122 valence electrons. The fourth-order valence-corrected chi connectivity index (χ4v) is 1.80. The quantitative estimate of drug-likeness (QED) is 0.629. The van der Waals surface area contributed by atoms with E-state index < -0.39 is 36.5 Å². The number of hydrogen-bond donors (Lipinski definition) is 1. The Morgan fingerprint density at radius 1 is 1.36 bits per heavy atom. The van der Waals surface area contributed by atoms with Crippen LogP contribution in [0.5, 0.6) is 0 Å². The third-order valence-electron chi connectivity index (χ3n) is 3.07. The second kappa shape index (κ2) is 7.03. The molecule has 0 aromatic carbocycles. The molecule has 0 fully saturated rings. The standard InChI is InChI=1S/C13H20N4O5/c1-5-16-6-9(13(21)22-7-10(19)15(3)4)17(8(2)18)11(14)12(16)20/h6,11H,5,7,14H2,1-4H3. The van der Waals surface area contributed by atoms with E-state index in [1.54, 1.807) is 6.92 Å². The van der Waals surface area contributed by atoms with Gasteiger partial charge in [-0.05, 0) is 6.92 Å². The van der Waals surface area contributed by atoms with Crippen LogP contribution in [0.1, 0.15) is 13.8 Å². The van der Waals surface area contributed by atoms with Crippen LogP contribution in [-0.4, -0.2) is 71.8 Å². The Labute approximate surface area is 128 Å². The lowest BCUT2D eigenvalue weighted by Crippen LogP contribution is -2.58. The normalized spacial score (nSPS) is 18.0. The molecule has 0 aliphatic carbocycles. The van der Waals surface area contributed by atoms with Crippen LogP contribution >= 0.6 is 0 Å². The van der Waals surface area contributed by atoms with Crippen molar-refractivity contribution >= 4 is 23.7 Å². The Balaban J connectivity index is 3.00. The van der Waals surface area contributed by atoms with Gasteiger partial charge in [-0.25, -0.2) is 4.79 Å². The Bertz CT molecular complexity index is 529. The lowest BCUT2D eigenvalue weighted by Gasteiger charge is -2.35. The number of nitrogens with zero attached hydrogens (tertiary/aromatic N) is 3. The number of likely N-dealkylation sites (N-methyl/N-ethyl adjacent to an activating group) is 2. The molecular formula is C13H20N4O5.